The van der Waals surface area contributed by atoms with E-state index in [9.17, 15) is 35.5 Å². The lowest BCUT2D eigenvalue weighted by Gasteiger charge is -2.22. The van der Waals surface area contributed by atoms with Gasteiger partial charge in [0.05, 0.1) is 22.9 Å². The molecule has 0 radical (unpaired) electrons. The average molecular weight is 442 g/mol. The summed E-state index contributed by atoms with van der Waals surface area (Å²) in [6.07, 6.45) is -3.21. The highest BCUT2D eigenvalue weighted by molar-refractivity contribution is 5.65. The molecule has 0 amide bonds. The summed E-state index contributed by atoms with van der Waals surface area (Å²) in [6, 6.07) is 0.882. The first-order valence-corrected chi connectivity index (χ1v) is 7.87. The minimum absolute atomic E-state index is 0.0317. The molecule has 7 nitrogen and oxygen atoms in total. The third kappa shape index (κ3) is 3.80. The summed E-state index contributed by atoms with van der Waals surface area (Å²) in [5.74, 6) is -10.5. The molecule has 3 aromatic heterocycles. The monoisotopic (exact) mass is 442 g/mol. The van der Waals surface area contributed by atoms with E-state index in [1.807, 2.05) is 0 Å². The Bertz CT molecular complexity index is 1250. The fourth-order valence-corrected chi connectivity index (χ4v) is 2.45. The van der Waals surface area contributed by atoms with Crippen LogP contribution in [0.3, 0.4) is 0 Å². The summed E-state index contributed by atoms with van der Waals surface area (Å²) in [7, 11) is -2.98. The number of hydrogen-bond donors (Lipinski definition) is 0. The van der Waals surface area contributed by atoms with Gasteiger partial charge in [0.2, 0.25) is 11.7 Å². The fraction of sp³-hybridized carbons (Fsp3) is 0.375. The molecule has 0 aliphatic rings. The highest BCUT2D eigenvalue weighted by Gasteiger charge is 2.52. The van der Waals surface area contributed by atoms with E-state index in [1.54, 1.807) is 0 Å². The SMILES string of the molecule is [2H]C([2H])([2H])Oc1ccn2c(=O)c(-c3cnn(CC(F)(F)C(C)(F)F)c3)c(C(F)(F)F)nc2n1. The molecule has 3 rings (SSSR count). The summed E-state index contributed by atoms with van der Waals surface area (Å²) < 4.78 is 121. The van der Waals surface area contributed by atoms with Gasteiger partial charge in [-0.2, -0.15) is 32.0 Å². The van der Waals surface area contributed by atoms with Crippen LogP contribution in [-0.2, 0) is 12.7 Å². The van der Waals surface area contributed by atoms with E-state index in [0.29, 0.717) is 16.8 Å². The molecule has 30 heavy (non-hydrogen) atoms. The molecule has 162 valence electrons. The Hall–Kier alpha value is -3.19. The van der Waals surface area contributed by atoms with Crippen molar-refractivity contribution < 1.29 is 39.6 Å². The van der Waals surface area contributed by atoms with Crippen LogP contribution in [0.4, 0.5) is 30.7 Å². The highest BCUT2D eigenvalue weighted by Crippen LogP contribution is 2.36. The van der Waals surface area contributed by atoms with Gasteiger partial charge >= 0.3 is 18.0 Å². The van der Waals surface area contributed by atoms with Crippen LogP contribution in [0.5, 0.6) is 5.88 Å². The molecule has 0 saturated heterocycles. The van der Waals surface area contributed by atoms with Crippen LogP contribution >= 0.6 is 0 Å². The maximum atomic E-state index is 13.6. The van der Waals surface area contributed by atoms with Crippen molar-refractivity contribution in [3.8, 4) is 17.0 Å². The third-order valence-corrected chi connectivity index (χ3v) is 3.97. The van der Waals surface area contributed by atoms with Gasteiger partial charge in [0.25, 0.3) is 5.56 Å². The smallest absolute Gasteiger partial charge is 0.434 e. The van der Waals surface area contributed by atoms with Gasteiger partial charge in [0.15, 0.2) is 5.69 Å². The van der Waals surface area contributed by atoms with Crippen molar-refractivity contribution in [2.45, 2.75) is 31.5 Å². The van der Waals surface area contributed by atoms with Gasteiger partial charge in [-0.15, -0.1) is 0 Å². The number of aromatic nitrogens is 5. The maximum Gasteiger partial charge on any atom is 0.434 e. The number of rotatable bonds is 5. The Kier molecular flexibility index (Phi) is 4.09. The molecule has 0 aliphatic heterocycles. The number of methoxy groups -OCH3 is 1. The summed E-state index contributed by atoms with van der Waals surface area (Å²) in [6.45, 7) is -1.70. The first kappa shape index (κ1) is 17.7. The predicted octanol–water partition coefficient (Wildman–Crippen LogP) is 3.27. The van der Waals surface area contributed by atoms with Gasteiger partial charge in [-0.25, -0.2) is 13.8 Å². The van der Waals surface area contributed by atoms with Crippen molar-refractivity contribution in [2.24, 2.45) is 0 Å². The van der Waals surface area contributed by atoms with Crippen molar-refractivity contribution in [1.29, 1.82) is 0 Å². The molecular weight excluding hydrogens is 427 g/mol. The van der Waals surface area contributed by atoms with Gasteiger partial charge in [0, 0.05) is 30.9 Å². The number of fused-ring (bicyclic) bond motifs is 1. The topological polar surface area (TPSA) is 74.3 Å². The maximum absolute atomic E-state index is 13.6. The van der Waals surface area contributed by atoms with Crippen LogP contribution in [0, 0.1) is 0 Å². The number of alkyl halides is 7. The molecule has 14 heteroatoms. The molecule has 0 aromatic carbocycles. The first-order chi connectivity index (χ1) is 14.9. The van der Waals surface area contributed by atoms with Crippen molar-refractivity contribution in [1.82, 2.24) is 24.1 Å². The van der Waals surface area contributed by atoms with Crippen LogP contribution in [0.2, 0.25) is 0 Å². The van der Waals surface area contributed by atoms with Crippen LogP contribution < -0.4 is 10.3 Å². The number of halogens is 7. The van der Waals surface area contributed by atoms with E-state index < -0.39 is 65.6 Å². The quantitative estimate of drug-likeness (QED) is 0.567. The first-order valence-electron chi connectivity index (χ1n) is 9.37. The third-order valence-electron chi connectivity index (χ3n) is 3.97. The number of hydrogen-bond acceptors (Lipinski definition) is 5. The second-order valence-corrected chi connectivity index (χ2v) is 6.20. The average Bonchev–Trinajstić information content (AvgIpc) is 3.05. The van der Waals surface area contributed by atoms with Gasteiger partial charge in [0.1, 0.15) is 6.54 Å². The lowest BCUT2D eigenvalue weighted by atomic mass is 10.1. The van der Waals surface area contributed by atoms with E-state index in [1.165, 1.54) is 0 Å². The normalized spacial score (nSPS) is 15.0. The molecule has 3 aromatic rings. The number of nitrogens with zero attached hydrogens (tertiary/aromatic N) is 5. The lowest BCUT2D eigenvalue weighted by Crippen LogP contribution is -2.41. The van der Waals surface area contributed by atoms with Crippen molar-refractivity contribution >= 4 is 5.78 Å². The van der Waals surface area contributed by atoms with Gasteiger partial charge in [-0.3, -0.25) is 13.9 Å². The second-order valence-electron chi connectivity index (χ2n) is 6.20. The van der Waals surface area contributed by atoms with Gasteiger partial charge < -0.3 is 4.74 Å². The van der Waals surface area contributed by atoms with E-state index in [2.05, 4.69) is 19.8 Å². The fourth-order valence-electron chi connectivity index (χ4n) is 2.45. The Labute approximate surface area is 167 Å². The van der Waals surface area contributed by atoms with Crippen LogP contribution in [0.1, 0.15) is 16.7 Å². The number of ether oxygens (including phenoxy) is 1. The summed E-state index contributed by atoms with van der Waals surface area (Å²) >= 11 is 0. The predicted molar refractivity (Wildman–Crippen MR) is 87.6 cm³/mol. The minimum atomic E-state index is -5.24. The van der Waals surface area contributed by atoms with Crippen LogP contribution in [0.25, 0.3) is 16.9 Å². The molecule has 0 spiro atoms. The molecule has 0 fully saturated rings. The van der Waals surface area contributed by atoms with Gasteiger partial charge in [-0.1, -0.05) is 0 Å². The zero-order valence-corrected chi connectivity index (χ0v) is 14.7. The molecule has 0 bridgehead atoms. The summed E-state index contributed by atoms with van der Waals surface area (Å²) in [4.78, 5) is 19.5. The molecule has 0 N–H and O–H groups in total. The Morgan fingerprint density at radius 2 is 1.87 bits per heavy atom. The summed E-state index contributed by atoms with van der Waals surface area (Å²) in [5.41, 5.74) is -4.86. The Morgan fingerprint density at radius 3 is 2.47 bits per heavy atom. The summed E-state index contributed by atoms with van der Waals surface area (Å²) in [5, 5.41) is 3.35. The van der Waals surface area contributed by atoms with Crippen molar-refractivity contribution in [3.05, 3.63) is 40.7 Å². The zero-order chi connectivity index (χ0) is 25.0. The van der Waals surface area contributed by atoms with E-state index in [4.69, 9.17) is 4.11 Å². The molecule has 3 heterocycles. The minimum Gasteiger partial charge on any atom is -0.481 e. The molecule has 0 atom stereocenters. The Morgan fingerprint density at radius 1 is 1.17 bits per heavy atom. The van der Waals surface area contributed by atoms with Crippen LogP contribution in [-0.4, -0.2) is 43.0 Å². The largest absolute Gasteiger partial charge is 0.481 e. The van der Waals surface area contributed by atoms with E-state index >= 15 is 0 Å². The lowest BCUT2D eigenvalue weighted by molar-refractivity contribution is -0.205. The van der Waals surface area contributed by atoms with Crippen molar-refractivity contribution in [2.75, 3.05) is 7.04 Å². The molecular formula is C16H12F7N5O2. The second kappa shape index (κ2) is 6.95. The molecule has 0 aliphatic carbocycles. The standard InChI is InChI=1S/C16H12F7N5O2/c1-14(17,18)15(19,20)7-27-6-8(5-24-27)10-11(16(21,22)23)26-13-25-9(30-2)3-4-28(13)12(10)29/h3-6H,7H2,1-2H3/i2D3. The molecule has 0 saturated carbocycles. The van der Waals surface area contributed by atoms with E-state index in [-0.39, 0.29) is 11.6 Å². The van der Waals surface area contributed by atoms with E-state index in [0.717, 1.165) is 12.3 Å². The zero-order valence-electron chi connectivity index (χ0n) is 17.7. The highest BCUT2D eigenvalue weighted by atomic mass is 19.4. The van der Waals surface area contributed by atoms with Crippen molar-refractivity contribution in [3.63, 3.8) is 0 Å². The van der Waals surface area contributed by atoms with Crippen LogP contribution in [0.15, 0.2) is 29.5 Å². The Balaban J connectivity index is 2.15. The van der Waals surface area contributed by atoms with Gasteiger partial charge in [-0.05, 0) is 0 Å². The molecule has 0 unspecified atom stereocenters.